The molecule has 10 nitrogen and oxygen atoms in total. The van der Waals surface area contributed by atoms with Crippen molar-refractivity contribution < 1.29 is 36.8 Å². The minimum atomic E-state index is -4.52. The smallest absolute Gasteiger partial charge is 0.416 e. The van der Waals surface area contributed by atoms with E-state index < -0.39 is 47.3 Å². The molecule has 1 heterocycles. The monoisotopic (exact) mass is 645 g/mol. The van der Waals surface area contributed by atoms with Crippen molar-refractivity contribution in [1.29, 1.82) is 0 Å². The average molecular weight is 646 g/mol. The summed E-state index contributed by atoms with van der Waals surface area (Å²) in [4.78, 5) is 44.3. The van der Waals surface area contributed by atoms with Gasteiger partial charge in [0.2, 0.25) is 11.8 Å². The Morgan fingerprint density at radius 3 is 2.24 bits per heavy atom. The van der Waals surface area contributed by atoms with Crippen LogP contribution >= 0.6 is 0 Å². The number of carbonyl (C=O) groups excluding carboxylic acids is 3. The van der Waals surface area contributed by atoms with E-state index >= 15 is 0 Å². The number of alkyl carbamates (subject to hydrolysis) is 1. The predicted molar refractivity (Wildman–Crippen MR) is 171 cm³/mol. The summed E-state index contributed by atoms with van der Waals surface area (Å²) < 4.78 is 45.5. The Balaban J connectivity index is 1.86. The summed E-state index contributed by atoms with van der Waals surface area (Å²) in [6.07, 6.45) is -3.18. The molecule has 1 aromatic heterocycles. The maximum Gasteiger partial charge on any atom is 0.416 e. The van der Waals surface area contributed by atoms with Crippen molar-refractivity contribution in [1.82, 2.24) is 15.6 Å². The van der Waals surface area contributed by atoms with Crippen LogP contribution in [0, 0.1) is 0 Å². The van der Waals surface area contributed by atoms with Gasteiger partial charge in [-0.05, 0) is 63.4 Å². The Bertz CT molecular complexity index is 1490. The number of benzene rings is 2. The predicted octanol–water partition coefficient (Wildman–Crippen LogP) is 4.63. The molecule has 0 bridgehead atoms. The van der Waals surface area contributed by atoms with Gasteiger partial charge in [0.05, 0.1) is 50.1 Å². The summed E-state index contributed by atoms with van der Waals surface area (Å²) in [5.41, 5.74) is 5.57. The number of nitrogens with one attached hydrogen (secondary N) is 3. The molecule has 2 atom stereocenters. The van der Waals surface area contributed by atoms with Gasteiger partial charge in [0.25, 0.3) is 0 Å². The molecule has 46 heavy (non-hydrogen) atoms. The fourth-order valence-corrected chi connectivity index (χ4v) is 4.82. The van der Waals surface area contributed by atoms with Crippen molar-refractivity contribution in [3.63, 3.8) is 0 Å². The van der Waals surface area contributed by atoms with E-state index in [0.29, 0.717) is 35.2 Å². The number of pyridine rings is 1. The fourth-order valence-electron chi connectivity index (χ4n) is 4.82. The Morgan fingerprint density at radius 1 is 0.935 bits per heavy atom. The number of likely N-dealkylation sites (N-methyl/N-ethyl adjacent to an activating group) is 1. The summed E-state index contributed by atoms with van der Waals surface area (Å²) in [7, 11) is 4.02. The second kappa shape index (κ2) is 15.4. The second-order valence-corrected chi connectivity index (χ2v) is 12.9. The molecule has 3 amide bonds. The van der Waals surface area contributed by atoms with E-state index in [4.69, 9.17) is 10.5 Å². The number of rotatable bonds is 13. The van der Waals surface area contributed by atoms with Gasteiger partial charge in [-0.1, -0.05) is 30.3 Å². The number of halogens is 3. The fraction of sp³-hybridized carbons (Fsp3) is 0.455. The van der Waals surface area contributed by atoms with E-state index in [9.17, 15) is 27.6 Å². The number of fused-ring (bicyclic) bond motifs is 1. The molecule has 250 valence electrons. The van der Waals surface area contributed by atoms with Gasteiger partial charge in [-0.3, -0.25) is 14.6 Å². The highest BCUT2D eigenvalue weighted by molar-refractivity contribution is 5.99. The Kier molecular flexibility index (Phi) is 12.1. The molecule has 0 aliphatic heterocycles. The zero-order chi connectivity index (χ0) is 34.1. The second-order valence-electron chi connectivity index (χ2n) is 12.9. The molecular weight excluding hydrogens is 601 g/mol. The summed E-state index contributed by atoms with van der Waals surface area (Å²) in [5, 5.41) is 8.88. The van der Waals surface area contributed by atoms with E-state index in [0.717, 1.165) is 29.6 Å². The number of hydrogen-bond acceptors (Lipinski definition) is 6. The first-order valence-corrected chi connectivity index (χ1v) is 15.1. The first kappa shape index (κ1) is 36.2. The van der Waals surface area contributed by atoms with Crippen molar-refractivity contribution in [2.24, 2.45) is 5.73 Å². The van der Waals surface area contributed by atoms with Gasteiger partial charge in [-0.25, -0.2) is 4.79 Å². The third-order valence-electron chi connectivity index (χ3n) is 7.21. The minimum absolute atomic E-state index is 0.115. The summed E-state index contributed by atoms with van der Waals surface area (Å²) >= 11 is 0. The van der Waals surface area contributed by atoms with Gasteiger partial charge >= 0.3 is 12.3 Å². The quantitative estimate of drug-likeness (QED) is 0.200. The van der Waals surface area contributed by atoms with Gasteiger partial charge < -0.3 is 30.9 Å². The Morgan fingerprint density at radius 2 is 1.61 bits per heavy atom. The largest absolute Gasteiger partial charge is 0.444 e. The minimum Gasteiger partial charge on any atom is -0.444 e. The van der Waals surface area contributed by atoms with Gasteiger partial charge in [0.15, 0.2) is 0 Å². The number of ether oxygens (including phenoxy) is 1. The summed E-state index contributed by atoms with van der Waals surface area (Å²) in [6, 6.07) is 11.2. The third kappa shape index (κ3) is 11.6. The van der Waals surface area contributed by atoms with Crippen molar-refractivity contribution in [2.75, 3.05) is 39.0 Å². The number of aromatic nitrogens is 1. The zero-order valence-electron chi connectivity index (χ0n) is 26.9. The van der Waals surface area contributed by atoms with E-state index in [1.807, 2.05) is 38.4 Å². The number of alkyl halides is 3. The molecule has 3 rings (SSSR count). The number of nitrogens with two attached hydrogens (primary N) is 1. The van der Waals surface area contributed by atoms with E-state index in [2.05, 4.69) is 20.9 Å². The average Bonchev–Trinajstić information content (AvgIpc) is 2.95. The number of carbonyl (C=O) groups is 3. The SMILES string of the molecule is CC(C)(C)OC(=O)N[C@@H](CCC[N+](C)(C)CCN)C(=O)N[C@H](Cc1ccc(C(F)(F)F)cc1)C(=O)Nc1cnc2ccccc2c1. The first-order valence-electron chi connectivity index (χ1n) is 15.1. The van der Waals surface area contributed by atoms with Crippen LogP contribution in [0.15, 0.2) is 60.8 Å². The van der Waals surface area contributed by atoms with Gasteiger partial charge in [-0.2, -0.15) is 13.2 Å². The highest BCUT2D eigenvalue weighted by atomic mass is 19.4. The van der Waals surface area contributed by atoms with Crippen LogP contribution in [0.5, 0.6) is 0 Å². The number of nitrogens with zero attached hydrogens (tertiary/aromatic N) is 2. The highest BCUT2D eigenvalue weighted by Gasteiger charge is 2.32. The van der Waals surface area contributed by atoms with Gasteiger partial charge in [0, 0.05) is 18.4 Å². The molecule has 0 fully saturated rings. The lowest BCUT2D eigenvalue weighted by Gasteiger charge is -2.30. The lowest BCUT2D eigenvalue weighted by atomic mass is 10.0. The van der Waals surface area contributed by atoms with Crippen LogP contribution in [-0.2, 0) is 26.9 Å². The van der Waals surface area contributed by atoms with Crippen molar-refractivity contribution in [3.8, 4) is 0 Å². The highest BCUT2D eigenvalue weighted by Crippen LogP contribution is 2.29. The van der Waals surface area contributed by atoms with Crippen molar-refractivity contribution >= 4 is 34.5 Å². The molecule has 0 saturated carbocycles. The lowest BCUT2D eigenvalue weighted by molar-refractivity contribution is -0.889. The normalized spacial score (nSPS) is 13.5. The van der Waals surface area contributed by atoms with Crippen LogP contribution in [0.3, 0.4) is 0 Å². The van der Waals surface area contributed by atoms with Crippen LogP contribution in [0.2, 0.25) is 0 Å². The number of para-hydroxylation sites is 1. The molecule has 0 unspecified atom stereocenters. The number of amides is 3. The summed E-state index contributed by atoms with van der Waals surface area (Å²) in [5.74, 6) is -1.25. The standard InChI is InChI=1S/C33H43F3N6O4/c1-32(2,3)46-31(45)41-27(11-8-17-42(4,5)18-16-37)29(43)40-28(19-22-12-14-24(15-13-22)33(34,35)36)30(44)39-25-20-23-9-6-7-10-26(23)38-21-25/h6-7,9-10,12-15,20-21,27-28H,8,11,16-19,37H2,1-5H3,(H2-,39,40,41,43,44,45)/p+1/t27-,28+/m0/s1. The van der Waals surface area contributed by atoms with Crippen LogP contribution in [0.4, 0.5) is 23.7 Å². The summed E-state index contributed by atoms with van der Waals surface area (Å²) in [6.45, 7) is 6.96. The molecule has 3 aromatic rings. The number of anilines is 1. The first-order chi connectivity index (χ1) is 21.5. The number of quaternary nitrogens is 1. The van der Waals surface area contributed by atoms with Crippen molar-refractivity contribution in [2.45, 2.75) is 63.9 Å². The van der Waals surface area contributed by atoms with Crippen LogP contribution in [0.25, 0.3) is 10.9 Å². The zero-order valence-corrected chi connectivity index (χ0v) is 26.9. The molecule has 0 aliphatic carbocycles. The van der Waals surface area contributed by atoms with Crippen LogP contribution < -0.4 is 21.7 Å². The number of hydrogen-bond donors (Lipinski definition) is 4. The molecule has 0 saturated heterocycles. The molecule has 2 aromatic carbocycles. The van der Waals surface area contributed by atoms with Crippen molar-refractivity contribution in [3.05, 3.63) is 71.9 Å². The maximum absolute atomic E-state index is 13.7. The Hall–Kier alpha value is -4.23. The van der Waals surface area contributed by atoms with Crippen LogP contribution in [-0.4, -0.2) is 78.8 Å². The third-order valence-corrected chi connectivity index (χ3v) is 7.21. The lowest BCUT2D eigenvalue weighted by Crippen LogP contribution is -2.54. The molecule has 0 spiro atoms. The molecule has 5 N–H and O–H groups in total. The van der Waals surface area contributed by atoms with E-state index in [1.165, 1.54) is 18.3 Å². The van der Waals surface area contributed by atoms with E-state index in [1.54, 1.807) is 26.8 Å². The molecule has 0 radical (unpaired) electrons. The Labute approximate surface area is 267 Å². The maximum atomic E-state index is 13.7. The van der Waals surface area contributed by atoms with Crippen LogP contribution in [0.1, 0.15) is 44.7 Å². The molecule has 13 heteroatoms. The molecular formula is C33H44F3N6O4+. The van der Waals surface area contributed by atoms with Gasteiger partial charge in [0.1, 0.15) is 17.7 Å². The van der Waals surface area contributed by atoms with E-state index in [-0.39, 0.29) is 12.8 Å². The topological polar surface area (TPSA) is 135 Å². The molecule has 0 aliphatic rings. The van der Waals surface area contributed by atoms with Gasteiger partial charge in [-0.15, -0.1) is 0 Å².